The van der Waals surface area contributed by atoms with E-state index in [-0.39, 0.29) is 5.38 Å². The molecule has 1 heterocycles. The van der Waals surface area contributed by atoms with Gasteiger partial charge < -0.3 is 0 Å². The molecule has 0 amide bonds. The summed E-state index contributed by atoms with van der Waals surface area (Å²) in [5.74, 6) is 0. The van der Waals surface area contributed by atoms with Crippen molar-refractivity contribution < 1.29 is 0 Å². The van der Waals surface area contributed by atoms with E-state index in [9.17, 15) is 0 Å². The zero-order valence-corrected chi connectivity index (χ0v) is 13.3. The van der Waals surface area contributed by atoms with Crippen LogP contribution in [0.1, 0.15) is 24.4 Å². The molecule has 0 fully saturated rings. The van der Waals surface area contributed by atoms with Gasteiger partial charge in [-0.15, -0.1) is 16.7 Å². The number of alkyl halides is 1. The Morgan fingerprint density at radius 2 is 1.95 bits per heavy atom. The average molecular weight is 351 g/mol. The van der Waals surface area contributed by atoms with Gasteiger partial charge in [0, 0.05) is 4.47 Å². The van der Waals surface area contributed by atoms with Gasteiger partial charge in [0.25, 0.3) is 0 Å². The van der Waals surface area contributed by atoms with E-state index in [0.29, 0.717) is 0 Å². The quantitative estimate of drug-likeness (QED) is 0.631. The van der Waals surface area contributed by atoms with Crippen LogP contribution in [-0.2, 0) is 0 Å². The number of fused-ring (bicyclic) bond motifs is 1. The highest BCUT2D eigenvalue weighted by atomic mass is 79.9. The molecular formula is C15H13BrClN3. The lowest BCUT2D eigenvalue weighted by molar-refractivity contribution is 0.786. The molecule has 0 N–H and O–H groups in total. The summed E-state index contributed by atoms with van der Waals surface area (Å²) in [6.07, 6.45) is 2.73. The van der Waals surface area contributed by atoms with Crippen LogP contribution in [0, 0.1) is 0 Å². The summed E-state index contributed by atoms with van der Waals surface area (Å²) in [5, 5.41) is 10.6. The van der Waals surface area contributed by atoms with Crippen LogP contribution in [0.3, 0.4) is 0 Å². The third-order valence-electron chi connectivity index (χ3n) is 3.24. The predicted molar refractivity (Wildman–Crippen MR) is 85.5 cm³/mol. The van der Waals surface area contributed by atoms with Gasteiger partial charge in [0.15, 0.2) is 0 Å². The van der Waals surface area contributed by atoms with Crippen LogP contribution in [0.25, 0.3) is 16.5 Å². The summed E-state index contributed by atoms with van der Waals surface area (Å²) < 4.78 is 2.84. The summed E-state index contributed by atoms with van der Waals surface area (Å²) in [7, 11) is 0. The number of benzene rings is 2. The first-order chi connectivity index (χ1) is 9.67. The zero-order valence-electron chi connectivity index (χ0n) is 10.9. The Morgan fingerprint density at radius 3 is 2.75 bits per heavy atom. The van der Waals surface area contributed by atoms with Crippen LogP contribution in [-0.4, -0.2) is 15.0 Å². The lowest BCUT2D eigenvalue weighted by Gasteiger charge is -2.04. The highest BCUT2D eigenvalue weighted by Crippen LogP contribution is 2.24. The molecular weight excluding hydrogens is 338 g/mol. The molecule has 0 saturated heterocycles. The third kappa shape index (κ3) is 2.58. The van der Waals surface area contributed by atoms with E-state index in [0.717, 1.165) is 22.3 Å². The standard InChI is InChI=1S/C15H13BrClN3/c1-2-14(17)15-9-20(19-18-15)13-6-4-10-7-12(16)5-3-11(10)8-13/h3-9,14H,2H2,1H3. The fourth-order valence-corrected chi connectivity index (χ4v) is 2.58. The van der Waals surface area contributed by atoms with Crippen molar-refractivity contribution in [3.8, 4) is 5.69 Å². The maximum atomic E-state index is 6.18. The lowest BCUT2D eigenvalue weighted by Crippen LogP contribution is -1.94. The van der Waals surface area contributed by atoms with Gasteiger partial charge in [-0.1, -0.05) is 40.2 Å². The Balaban J connectivity index is 2.01. The van der Waals surface area contributed by atoms with Crippen molar-refractivity contribution in [1.29, 1.82) is 0 Å². The van der Waals surface area contributed by atoms with Gasteiger partial charge in [-0.3, -0.25) is 0 Å². The third-order valence-corrected chi connectivity index (χ3v) is 4.27. The molecule has 0 bridgehead atoms. The molecule has 0 radical (unpaired) electrons. The molecule has 1 unspecified atom stereocenters. The van der Waals surface area contributed by atoms with Crippen molar-refractivity contribution in [1.82, 2.24) is 15.0 Å². The maximum Gasteiger partial charge on any atom is 0.101 e. The summed E-state index contributed by atoms with van der Waals surface area (Å²) >= 11 is 9.66. The summed E-state index contributed by atoms with van der Waals surface area (Å²) in [5.41, 5.74) is 1.80. The second-order valence-corrected chi connectivity index (χ2v) is 6.08. The second kappa shape index (κ2) is 5.54. The molecule has 3 aromatic rings. The molecule has 2 aromatic carbocycles. The molecule has 3 rings (SSSR count). The molecule has 0 aliphatic heterocycles. The first-order valence-electron chi connectivity index (χ1n) is 6.43. The van der Waals surface area contributed by atoms with Gasteiger partial charge in [0.1, 0.15) is 5.69 Å². The smallest absolute Gasteiger partial charge is 0.101 e. The fraction of sp³-hybridized carbons (Fsp3) is 0.200. The van der Waals surface area contributed by atoms with Crippen molar-refractivity contribution in [3.63, 3.8) is 0 Å². The highest BCUT2D eigenvalue weighted by molar-refractivity contribution is 9.10. The van der Waals surface area contributed by atoms with E-state index in [1.54, 1.807) is 4.68 Å². The van der Waals surface area contributed by atoms with Gasteiger partial charge in [-0.25, -0.2) is 4.68 Å². The topological polar surface area (TPSA) is 30.7 Å². The minimum atomic E-state index is -0.0832. The highest BCUT2D eigenvalue weighted by Gasteiger charge is 2.10. The van der Waals surface area contributed by atoms with Crippen molar-refractivity contribution in [2.24, 2.45) is 0 Å². The van der Waals surface area contributed by atoms with E-state index in [2.05, 4.69) is 50.5 Å². The summed E-state index contributed by atoms with van der Waals surface area (Å²) in [6, 6.07) is 12.4. The molecule has 1 aromatic heterocycles. The molecule has 0 saturated carbocycles. The lowest BCUT2D eigenvalue weighted by atomic mass is 10.1. The van der Waals surface area contributed by atoms with Gasteiger partial charge >= 0.3 is 0 Å². The van der Waals surface area contributed by atoms with E-state index < -0.39 is 0 Å². The normalized spacial score (nSPS) is 12.8. The SMILES string of the molecule is CCC(Cl)c1cn(-c2ccc3cc(Br)ccc3c2)nn1. The van der Waals surface area contributed by atoms with Crippen molar-refractivity contribution in [3.05, 3.63) is 52.8 Å². The Kier molecular flexibility index (Phi) is 3.76. The molecule has 0 aliphatic carbocycles. The van der Waals surface area contributed by atoms with Crippen LogP contribution < -0.4 is 0 Å². The molecule has 3 nitrogen and oxygen atoms in total. The minimum Gasteiger partial charge on any atom is -0.220 e. The number of hydrogen-bond donors (Lipinski definition) is 0. The number of halogens is 2. The fourth-order valence-electron chi connectivity index (χ4n) is 2.10. The molecule has 1 atom stereocenters. The van der Waals surface area contributed by atoms with E-state index in [1.807, 2.05) is 25.3 Å². The van der Waals surface area contributed by atoms with Gasteiger partial charge in [-0.2, -0.15) is 0 Å². The van der Waals surface area contributed by atoms with E-state index in [4.69, 9.17) is 11.6 Å². The van der Waals surface area contributed by atoms with Crippen LogP contribution in [0.15, 0.2) is 47.1 Å². The number of hydrogen-bond acceptors (Lipinski definition) is 2. The maximum absolute atomic E-state index is 6.18. The van der Waals surface area contributed by atoms with Crippen molar-refractivity contribution >= 4 is 38.3 Å². The monoisotopic (exact) mass is 349 g/mol. The van der Waals surface area contributed by atoms with E-state index in [1.165, 1.54) is 10.8 Å². The predicted octanol–water partition coefficient (Wildman–Crippen LogP) is 4.87. The Morgan fingerprint density at radius 1 is 1.20 bits per heavy atom. The molecule has 102 valence electrons. The number of nitrogens with zero attached hydrogens (tertiary/aromatic N) is 3. The van der Waals surface area contributed by atoms with Crippen molar-refractivity contribution in [2.75, 3.05) is 0 Å². The van der Waals surface area contributed by atoms with Crippen LogP contribution in [0.4, 0.5) is 0 Å². The van der Waals surface area contributed by atoms with Crippen LogP contribution in [0.2, 0.25) is 0 Å². The first-order valence-corrected chi connectivity index (χ1v) is 7.66. The molecule has 0 aliphatic rings. The number of aromatic nitrogens is 3. The van der Waals surface area contributed by atoms with Gasteiger partial charge in [-0.05, 0) is 41.5 Å². The van der Waals surface area contributed by atoms with E-state index >= 15 is 0 Å². The van der Waals surface area contributed by atoms with Gasteiger partial charge in [0.05, 0.1) is 17.3 Å². The van der Waals surface area contributed by atoms with Gasteiger partial charge in [0.2, 0.25) is 0 Å². The van der Waals surface area contributed by atoms with Crippen LogP contribution in [0.5, 0.6) is 0 Å². The summed E-state index contributed by atoms with van der Waals surface area (Å²) in [6.45, 7) is 2.03. The Bertz CT molecular complexity index is 754. The average Bonchev–Trinajstić information content (AvgIpc) is 2.95. The minimum absolute atomic E-state index is 0.0832. The molecule has 5 heteroatoms. The Hall–Kier alpha value is -1.39. The Labute approximate surface area is 130 Å². The summed E-state index contributed by atoms with van der Waals surface area (Å²) in [4.78, 5) is 0. The second-order valence-electron chi connectivity index (χ2n) is 4.64. The van der Waals surface area contributed by atoms with Crippen molar-refractivity contribution in [2.45, 2.75) is 18.7 Å². The largest absolute Gasteiger partial charge is 0.220 e. The first kappa shape index (κ1) is 13.6. The number of rotatable bonds is 3. The zero-order chi connectivity index (χ0) is 14.1. The molecule has 0 spiro atoms. The van der Waals surface area contributed by atoms with Crippen LogP contribution >= 0.6 is 27.5 Å². The molecule has 20 heavy (non-hydrogen) atoms.